The molecule has 5 atom stereocenters. The minimum absolute atomic E-state index is 0.269. The van der Waals surface area contributed by atoms with Crippen LogP contribution in [0, 0.1) is 0 Å². The second-order valence-corrected chi connectivity index (χ2v) is 10.3. The Labute approximate surface area is 245 Å². The van der Waals surface area contributed by atoms with Gasteiger partial charge in [0.1, 0.15) is 18.3 Å². The number of ether oxygens (including phenoxy) is 5. The summed E-state index contributed by atoms with van der Waals surface area (Å²) in [6.45, 7) is 2.85. The molecule has 0 radical (unpaired) electrons. The van der Waals surface area contributed by atoms with Crippen LogP contribution in [0.1, 0.15) is 34.0 Å². The fraction of sp³-hybridized carbons (Fsp3) is 0.265. The lowest BCUT2D eigenvalue weighted by atomic mass is 9.98. The van der Waals surface area contributed by atoms with Gasteiger partial charge in [0.2, 0.25) is 6.29 Å². The molecule has 0 amide bonds. The number of esters is 1. The number of carbonyl (C=O) groups is 1. The van der Waals surface area contributed by atoms with Crippen molar-refractivity contribution in [2.45, 2.75) is 57.5 Å². The molecular weight excluding hydrogens is 540 g/mol. The summed E-state index contributed by atoms with van der Waals surface area (Å²) in [4.78, 5) is 13.2. The highest BCUT2D eigenvalue weighted by Crippen LogP contribution is 2.31. The van der Waals surface area contributed by atoms with Gasteiger partial charge in [-0.2, -0.15) is 0 Å². The Balaban J connectivity index is 1.42. The molecule has 0 N–H and O–H groups in total. The van der Waals surface area contributed by atoms with Crippen molar-refractivity contribution in [2.75, 3.05) is 0 Å². The van der Waals surface area contributed by atoms with E-state index in [4.69, 9.17) is 35.3 Å². The zero-order valence-electron chi connectivity index (χ0n) is 22.8. The van der Waals surface area contributed by atoms with Crippen molar-refractivity contribution in [3.05, 3.63) is 143 Å². The second-order valence-electron chi connectivity index (χ2n) is 9.91. The van der Waals surface area contributed by atoms with Crippen LogP contribution in [-0.2, 0) is 43.5 Å². The lowest BCUT2D eigenvalue weighted by molar-refractivity contribution is -0.306. The van der Waals surface area contributed by atoms with Gasteiger partial charge in [0.05, 0.1) is 31.5 Å². The Hall–Kier alpha value is -3.52. The standard InChI is InChI=1S/C34H33ClO6/c1-24-30(37-21-25-12-5-2-6-13-25)31(38-22-26-14-7-3-8-15-26)32(39-23-27-16-9-4-10-17-27)34(40-24)41-33(36)28-18-11-19-29(35)20-28/h2-20,24,30-32,34H,21-23H2,1H3/t24-,30-,31+,32-,34+/m0/s1. The molecule has 0 aliphatic carbocycles. The van der Waals surface area contributed by atoms with E-state index in [9.17, 15) is 4.79 Å². The molecule has 1 fully saturated rings. The first-order valence-corrected chi connectivity index (χ1v) is 14.0. The summed E-state index contributed by atoms with van der Waals surface area (Å²) in [7, 11) is 0. The quantitative estimate of drug-likeness (QED) is 0.180. The van der Waals surface area contributed by atoms with Gasteiger partial charge < -0.3 is 23.7 Å². The third-order valence-electron chi connectivity index (χ3n) is 6.87. The van der Waals surface area contributed by atoms with Gasteiger partial charge in [0.25, 0.3) is 0 Å². The third kappa shape index (κ3) is 8.03. The predicted octanol–water partition coefficient (Wildman–Crippen LogP) is 7.00. The van der Waals surface area contributed by atoms with Crippen LogP contribution in [0.15, 0.2) is 115 Å². The lowest BCUT2D eigenvalue weighted by Crippen LogP contribution is -2.60. The molecule has 0 bridgehead atoms. The van der Waals surface area contributed by atoms with Crippen LogP contribution in [0.25, 0.3) is 0 Å². The molecule has 1 saturated heterocycles. The van der Waals surface area contributed by atoms with E-state index < -0.39 is 36.7 Å². The lowest BCUT2D eigenvalue weighted by Gasteiger charge is -2.44. The van der Waals surface area contributed by atoms with Crippen molar-refractivity contribution in [3.63, 3.8) is 0 Å². The van der Waals surface area contributed by atoms with Crippen LogP contribution < -0.4 is 0 Å². The molecule has 0 spiro atoms. The first kappa shape index (κ1) is 29.0. The van der Waals surface area contributed by atoms with Crippen molar-refractivity contribution in [1.29, 1.82) is 0 Å². The predicted molar refractivity (Wildman–Crippen MR) is 156 cm³/mol. The van der Waals surface area contributed by atoms with Gasteiger partial charge in [0, 0.05) is 5.02 Å². The monoisotopic (exact) mass is 572 g/mol. The Morgan fingerprint density at radius 3 is 1.66 bits per heavy atom. The highest BCUT2D eigenvalue weighted by molar-refractivity contribution is 6.30. The molecule has 0 unspecified atom stereocenters. The topological polar surface area (TPSA) is 63.2 Å². The molecule has 5 rings (SSSR count). The van der Waals surface area contributed by atoms with E-state index in [1.54, 1.807) is 24.3 Å². The Morgan fingerprint density at radius 1 is 0.659 bits per heavy atom. The molecule has 4 aromatic rings. The smallest absolute Gasteiger partial charge is 0.340 e. The fourth-order valence-electron chi connectivity index (χ4n) is 4.75. The van der Waals surface area contributed by atoms with Crippen LogP contribution in [0.2, 0.25) is 5.02 Å². The average molecular weight is 573 g/mol. The van der Waals surface area contributed by atoms with E-state index in [-0.39, 0.29) is 6.61 Å². The first-order valence-electron chi connectivity index (χ1n) is 13.7. The van der Waals surface area contributed by atoms with E-state index in [2.05, 4.69) is 0 Å². The highest BCUT2D eigenvalue weighted by atomic mass is 35.5. The second kappa shape index (κ2) is 14.4. The Bertz CT molecular complexity index is 1370. The molecule has 7 heteroatoms. The van der Waals surface area contributed by atoms with E-state index in [0.29, 0.717) is 23.8 Å². The summed E-state index contributed by atoms with van der Waals surface area (Å²) < 4.78 is 31.6. The average Bonchev–Trinajstić information content (AvgIpc) is 3.00. The third-order valence-corrected chi connectivity index (χ3v) is 7.10. The maximum Gasteiger partial charge on any atom is 0.340 e. The molecule has 1 aliphatic heterocycles. The van der Waals surface area contributed by atoms with Crippen molar-refractivity contribution in [2.24, 2.45) is 0 Å². The van der Waals surface area contributed by atoms with Gasteiger partial charge >= 0.3 is 5.97 Å². The van der Waals surface area contributed by atoms with Crippen molar-refractivity contribution in [1.82, 2.24) is 0 Å². The maximum atomic E-state index is 13.2. The van der Waals surface area contributed by atoms with Crippen LogP contribution >= 0.6 is 11.6 Å². The van der Waals surface area contributed by atoms with Crippen LogP contribution in [-0.4, -0.2) is 36.7 Å². The fourth-order valence-corrected chi connectivity index (χ4v) is 4.94. The summed E-state index contributed by atoms with van der Waals surface area (Å²) in [6, 6.07) is 36.2. The van der Waals surface area contributed by atoms with Gasteiger partial charge in [-0.3, -0.25) is 0 Å². The summed E-state index contributed by atoms with van der Waals surface area (Å²) in [6.07, 6.45) is -3.39. The van der Waals surface area contributed by atoms with Crippen molar-refractivity contribution in [3.8, 4) is 0 Å². The number of hydrogen-bond acceptors (Lipinski definition) is 6. The number of carbonyl (C=O) groups excluding carboxylic acids is 1. The summed E-state index contributed by atoms with van der Waals surface area (Å²) >= 11 is 6.13. The molecule has 41 heavy (non-hydrogen) atoms. The number of halogens is 1. The summed E-state index contributed by atoms with van der Waals surface area (Å²) in [5.41, 5.74) is 3.31. The molecular formula is C34H33ClO6. The minimum atomic E-state index is -1.04. The zero-order valence-corrected chi connectivity index (χ0v) is 23.6. The Morgan fingerprint density at radius 2 is 1.15 bits per heavy atom. The van der Waals surface area contributed by atoms with Gasteiger partial charge in [-0.1, -0.05) is 109 Å². The van der Waals surface area contributed by atoms with Gasteiger partial charge in [-0.15, -0.1) is 0 Å². The molecule has 0 saturated carbocycles. The van der Waals surface area contributed by atoms with Crippen LogP contribution in [0.3, 0.4) is 0 Å². The number of rotatable bonds is 11. The molecule has 4 aromatic carbocycles. The minimum Gasteiger partial charge on any atom is -0.429 e. The van der Waals surface area contributed by atoms with E-state index in [1.165, 1.54) is 0 Å². The van der Waals surface area contributed by atoms with Gasteiger partial charge in [-0.25, -0.2) is 4.79 Å². The van der Waals surface area contributed by atoms with Crippen molar-refractivity contribution >= 4 is 17.6 Å². The number of benzene rings is 4. The zero-order chi connectivity index (χ0) is 28.4. The summed E-state index contributed by atoms with van der Waals surface area (Å²) in [5.74, 6) is -0.566. The molecule has 0 aromatic heterocycles. The van der Waals surface area contributed by atoms with E-state index in [1.807, 2.05) is 97.9 Å². The van der Waals surface area contributed by atoms with Crippen LogP contribution in [0.5, 0.6) is 0 Å². The van der Waals surface area contributed by atoms with Crippen LogP contribution in [0.4, 0.5) is 0 Å². The molecule has 212 valence electrons. The highest BCUT2D eigenvalue weighted by Gasteiger charge is 2.48. The molecule has 1 aliphatic rings. The van der Waals surface area contributed by atoms with Gasteiger partial charge in [0.15, 0.2) is 0 Å². The number of hydrogen-bond donors (Lipinski definition) is 0. The SMILES string of the molecule is C[C@@H]1O[C@H](OC(=O)c2cccc(Cl)c2)[C@@H](OCc2ccccc2)[C@H](OCc2ccccc2)[C@H]1OCc1ccccc1. The van der Waals surface area contributed by atoms with E-state index >= 15 is 0 Å². The maximum absolute atomic E-state index is 13.2. The van der Waals surface area contributed by atoms with Gasteiger partial charge in [-0.05, 0) is 41.8 Å². The Kier molecular flexibility index (Phi) is 10.2. The first-order chi connectivity index (χ1) is 20.1. The van der Waals surface area contributed by atoms with E-state index in [0.717, 1.165) is 16.7 Å². The molecule has 6 nitrogen and oxygen atoms in total. The largest absolute Gasteiger partial charge is 0.429 e. The summed E-state index contributed by atoms with van der Waals surface area (Å²) in [5, 5.41) is 0.438. The normalized spacial score (nSPS) is 22.2. The molecule has 1 heterocycles. The van der Waals surface area contributed by atoms with Crippen molar-refractivity contribution < 1.29 is 28.5 Å².